The molecule has 30 heavy (non-hydrogen) atoms. The number of imide groups is 1. The van der Waals surface area contributed by atoms with Gasteiger partial charge in [0, 0.05) is 0 Å². The molecule has 2 aliphatic rings. The molecule has 3 amide bonds. The summed E-state index contributed by atoms with van der Waals surface area (Å²) in [5.74, 6) is -0.184. The van der Waals surface area contributed by atoms with Crippen LogP contribution in [0.5, 0.6) is 0 Å². The van der Waals surface area contributed by atoms with Crippen molar-refractivity contribution in [1.29, 1.82) is 5.26 Å². The van der Waals surface area contributed by atoms with E-state index in [1.165, 1.54) is 4.90 Å². The van der Waals surface area contributed by atoms with Gasteiger partial charge in [-0.05, 0) is 46.7 Å². The standard InChI is InChI=1S/C25H19N3O2/c26-15-20-6-1-3-7-21(20)18-11-9-17(10-12-18)16-28-23(29)25(27-24(28)30)14-13-19-5-2-4-8-22(19)25/h1-12H,13-14,16H2,(H,27,30). The number of carbonyl (C=O) groups is 2. The van der Waals surface area contributed by atoms with Gasteiger partial charge in [-0.3, -0.25) is 9.69 Å². The fourth-order valence-corrected chi connectivity index (χ4v) is 4.54. The average Bonchev–Trinajstić information content (AvgIpc) is 3.27. The lowest BCUT2D eigenvalue weighted by Gasteiger charge is -2.22. The fraction of sp³-hybridized carbons (Fsp3) is 0.160. The molecule has 3 aromatic carbocycles. The number of rotatable bonds is 3. The molecule has 1 N–H and O–H groups in total. The predicted octanol–water partition coefficient (Wildman–Crippen LogP) is 4.12. The van der Waals surface area contributed by atoms with Crippen LogP contribution in [0.2, 0.25) is 0 Å². The average molecular weight is 393 g/mol. The van der Waals surface area contributed by atoms with Crippen molar-refractivity contribution in [2.24, 2.45) is 0 Å². The topological polar surface area (TPSA) is 73.2 Å². The third kappa shape index (κ3) is 2.69. The van der Waals surface area contributed by atoms with Crippen LogP contribution in [0.4, 0.5) is 4.79 Å². The molecule has 1 spiro atoms. The number of nitriles is 1. The number of amides is 3. The Morgan fingerprint density at radius 2 is 1.70 bits per heavy atom. The second kappa shape index (κ2) is 6.85. The molecule has 0 radical (unpaired) electrons. The van der Waals surface area contributed by atoms with E-state index in [0.717, 1.165) is 34.2 Å². The molecular formula is C25H19N3O2. The third-order valence-corrected chi connectivity index (χ3v) is 6.08. The summed E-state index contributed by atoms with van der Waals surface area (Å²) in [6.45, 7) is 0.217. The highest BCUT2D eigenvalue weighted by Crippen LogP contribution is 2.41. The number of aryl methyl sites for hydroxylation is 1. The van der Waals surface area contributed by atoms with Gasteiger partial charge in [-0.15, -0.1) is 0 Å². The van der Waals surface area contributed by atoms with Gasteiger partial charge in [0.05, 0.1) is 18.2 Å². The van der Waals surface area contributed by atoms with Gasteiger partial charge in [0.25, 0.3) is 5.91 Å². The highest BCUT2D eigenvalue weighted by Gasteiger charge is 2.55. The van der Waals surface area contributed by atoms with Crippen LogP contribution < -0.4 is 5.32 Å². The molecule has 1 aliphatic heterocycles. The molecule has 3 aromatic rings. The fourth-order valence-electron chi connectivity index (χ4n) is 4.54. The monoisotopic (exact) mass is 393 g/mol. The van der Waals surface area contributed by atoms with E-state index in [9.17, 15) is 14.9 Å². The molecular weight excluding hydrogens is 374 g/mol. The smallest absolute Gasteiger partial charge is 0.319 e. The van der Waals surface area contributed by atoms with Gasteiger partial charge in [-0.1, -0.05) is 66.7 Å². The second-order valence-corrected chi connectivity index (χ2v) is 7.74. The van der Waals surface area contributed by atoms with Crippen LogP contribution >= 0.6 is 0 Å². The second-order valence-electron chi connectivity index (χ2n) is 7.74. The minimum atomic E-state index is -0.931. The van der Waals surface area contributed by atoms with Crippen LogP contribution in [0, 0.1) is 11.3 Å². The zero-order valence-electron chi connectivity index (χ0n) is 16.3. The quantitative estimate of drug-likeness (QED) is 0.681. The Morgan fingerprint density at radius 1 is 0.967 bits per heavy atom. The molecule has 1 heterocycles. The molecule has 146 valence electrons. The van der Waals surface area contributed by atoms with E-state index in [1.807, 2.05) is 66.7 Å². The van der Waals surface area contributed by atoms with Crippen LogP contribution in [0.3, 0.4) is 0 Å². The van der Waals surface area contributed by atoms with E-state index in [1.54, 1.807) is 6.07 Å². The predicted molar refractivity (Wildman–Crippen MR) is 112 cm³/mol. The van der Waals surface area contributed by atoms with Gasteiger partial charge in [0.15, 0.2) is 0 Å². The molecule has 0 aromatic heterocycles. The zero-order chi connectivity index (χ0) is 20.7. The Kier molecular flexibility index (Phi) is 4.14. The summed E-state index contributed by atoms with van der Waals surface area (Å²) in [4.78, 5) is 27.3. The number of nitrogens with one attached hydrogen (secondary N) is 1. The van der Waals surface area contributed by atoms with Crippen molar-refractivity contribution in [3.63, 3.8) is 0 Å². The van der Waals surface area contributed by atoms with E-state index >= 15 is 0 Å². The number of nitrogens with zero attached hydrogens (tertiary/aromatic N) is 2. The number of urea groups is 1. The largest absolute Gasteiger partial charge is 0.325 e. The van der Waals surface area contributed by atoms with E-state index < -0.39 is 5.54 Å². The van der Waals surface area contributed by atoms with Crippen LogP contribution in [-0.2, 0) is 23.3 Å². The van der Waals surface area contributed by atoms with Crippen molar-refractivity contribution in [2.45, 2.75) is 24.9 Å². The molecule has 1 fully saturated rings. The molecule has 5 heteroatoms. The number of benzene rings is 3. The molecule has 1 aliphatic carbocycles. The molecule has 1 atom stereocenters. The highest BCUT2D eigenvalue weighted by atomic mass is 16.2. The molecule has 1 saturated heterocycles. The first-order valence-corrected chi connectivity index (χ1v) is 9.93. The Hall–Kier alpha value is -3.91. The summed E-state index contributed by atoms with van der Waals surface area (Å²) in [7, 11) is 0. The first kappa shape index (κ1) is 18.1. The summed E-state index contributed by atoms with van der Waals surface area (Å²) in [5, 5.41) is 12.3. The molecule has 1 unspecified atom stereocenters. The van der Waals surface area contributed by atoms with E-state index in [-0.39, 0.29) is 18.5 Å². The number of hydrogen-bond acceptors (Lipinski definition) is 3. The minimum Gasteiger partial charge on any atom is -0.319 e. The maximum atomic E-state index is 13.3. The molecule has 5 rings (SSSR count). The van der Waals surface area contributed by atoms with Crippen LogP contribution in [0.1, 0.15) is 28.7 Å². The van der Waals surface area contributed by atoms with Crippen LogP contribution in [0.25, 0.3) is 11.1 Å². The first-order valence-electron chi connectivity index (χ1n) is 9.93. The number of fused-ring (bicyclic) bond motifs is 2. The van der Waals surface area contributed by atoms with E-state index in [4.69, 9.17) is 0 Å². The lowest BCUT2D eigenvalue weighted by molar-refractivity contribution is -0.132. The Balaban J connectivity index is 1.40. The van der Waals surface area contributed by atoms with Crippen molar-refractivity contribution in [1.82, 2.24) is 10.2 Å². The maximum Gasteiger partial charge on any atom is 0.325 e. The van der Waals surface area contributed by atoms with Crippen molar-refractivity contribution in [3.05, 3.63) is 95.1 Å². The zero-order valence-corrected chi connectivity index (χ0v) is 16.3. The lowest BCUT2D eigenvalue weighted by atomic mass is 9.92. The number of hydrogen-bond donors (Lipinski definition) is 1. The lowest BCUT2D eigenvalue weighted by Crippen LogP contribution is -2.41. The van der Waals surface area contributed by atoms with Gasteiger partial charge in [0.1, 0.15) is 5.54 Å². The van der Waals surface area contributed by atoms with Crippen molar-refractivity contribution >= 4 is 11.9 Å². The van der Waals surface area contributed by atoms with Gasteiger partial charge in [0.2, 0.25) is 0 Å². The van der Waals surface area contributed by atoms with E-state index in [0.29, 0.717) is 12.0 Å². The van der Waals surface area contributed by atoms with Crippen LogP contribution in [0.15, 0.2) is 72.8 Å². The SMILES string of the molecule is N#Cc1ccccc1-c1ccc(CN2C(=O)NC3(CCc4ccccc43)C2=O)cc1. The Bertz CT molecular complexity index is 1210. The van der Waals surface area contributed by atoms with Crippen molar-refractivity contribution < 1.29 is 9.59 Å². The number of carbonyl (C=O) groups excluding carboxylic acids is 2. The van der Waals surface area contributed by atoms with Crippen molar-refractivity contribution in [3.8, 4) is 17.2 Å². The maximum absolute atomic E-state index is 13.3. The Morgan fingerprint density at radius 3 is 2.50 bits per heavy atom. The summed E-state index contributed by atoms with van der Waals surface area (Å²) in [5.41, 5.74) is 4.36. The summed E-state index contributed by atoms with van der Waals surface area (Å²) in [6.07, 6.45) is 1.38. The van der Waals surface area contributed by atoms with Gasteiger partial charge >= 0.3 is 6.03 Å². The van der Waals surface area contributed by atoms with Gasteiger partial charge < -0.3 is 5.32 Å². The Labute approximate surface area is 174 Å². The third-order valence-electron chi connectivity index (χ3n) is 6.08. The molecule has 0 bridgehead atoms. The summed E-state index contributed by atoms with van der Waals surface area (Å²) in [6, 6.07) is 24.8. The van der Waals surface area contributed by atoms with Gasteiger partial charge in [-0.25, -0.2) is 4.79 Å². The normalized spacial score (nSPS) is 19.6. The summed E-state index contributed by atoms with van der Waals surface area (Å²) >= 11 is 0. The first-order chi connectivity index (χ1) is 14.6. The van der Waals surface area contributed by atoms with Crippen molar-refractivity contribution in [2.75, 3.05) is 0 Å². The molecule has 5 nitrogen and oxygen atoms in total. The van der Waals surface area contributed by atoms with Crippen LogP contribution in [-0.4, -0.2) is 16.8 Å². The molecule has 0 saturated carbocycles. The summed E-state index contributed by atoms with van der Waals surface area (Å²) < 4.78 is 0. The van der Waals surface area contributed by atoms with Gasteiger partial charge in [-0.2, -0.15) is 5.26 Å². The minimum absolute atomic E-state index is 0.184. The van der Waals surface area contributed by atoms with E-state index in [2.05, 4.69) is 11.4 Å². The highest BCUT2D eigenvalue weighted by molar-refractivity contribution is 6.08.